The Hall–Kier alpha value is -1.10. The van der Waals surface area contributed by atoms with E-state index < -0.39 is 0 Å². The lowest BCUT2D eigenvalue weighted by molar-refractivity contribution is 0.0923. The van der Waals surface area contributed by atoms with E-state index in [1.165, 1.54) is 5.56 Å². The summed E-state index contributed by atoms with van der Waals surface area (Å²) in [6, 6.07) is 10.2. The molecule has 0 unspecified atom stereocenters. The van der Waals surface area contributed by atoms with Gasteiger partial charge in [-0.3, -0.25) is 0 Å². The van der Waals surface area contributed by atoms with E-state index in [2.05, 4.69) is 21.2 Å². The summed E-state index contributed by atoms with van der Waals surface area (Å²) in [5.74, 6) is 1.83. The summed E-state index contributed by atoms with van der Waals surface area (Å²) in [5.41, 5.74) is 2.34. The number of nitrogens with one attached hydrogen (secondary N) is 1. The van der Waals surface area contributed by atoms with Crippen molar-refractivity contribution in [2.75, 3.05) is 7.05 Å². The van der Waals surface area contributed by atoms with Crippen molar-refractivity contribution >= 4 is 15.9 Å². The zero-order valence-corrected chi connectivity index (χ0v) is 12.8. The van der Waals surface area contributed by atoms with E-state index in [9.17, 15) is 0 Å². The molecule has 0 aliphatic heterocycles. The molecule has 2 aromatic rings. The van der Waals surface area contributed by atoms with Gasteiger partial charge in [0.05, 0.1) is 6.61 Å². The molecule has 0 atom stereocenters. The van der Waals surface area contributed by atoms with Crippen molar-refractivity contribution in [2.45, 2.75) is 26.7 Å². The first kappa shape index (κ1) is 14.3. The number of furan rings is 1. The van der Waals surface area contributed by atoms with Crippen LogP contribution in [0.3, 0.4) is 0 Å². The lowest BCUT2D eigenvalue weighted by Crippen LogP contribution is -2.04. The van der Waals surface area contributed by atoms with Crippen LogP contribution in [0.5, 0.6) is 0 Å². The van der Waals surface area contributed by atoms with Gasteiger partial charge in [-0.15, -0.1) is 0 Å². The molecule has 2 rings (SSSR count). The van der Waals surface area contributed by atoms with E-state index in [0.29, 0.717) is 13.2 Å². The van der Waals surface area contributed by atoms with Crippen LogP contribution in [0.15, 0.2) is 39.2 Å². The molecule has 19 heavy (non-hydrogen) atoms. The Morgan fingerprint density at radius 1 is 1.21 bits per heavy atom. The van der Waals surface area contributed by atoms with Crippen LogP contribution in [0.4, 0.5) is 0 Å². The summed E-state index contributed by atoms with van der Waals surface area (Å²) < 4.78 is 12.4. The van der Waals surface area contributed by atoms with E-state index in [4.69, 9.17) is 9.15 Å². The predicted octanol–water partition coefficient (Wildman–Crippen LogP) is 3.79. The summed E-state index contributed by atoms with van der Waals surface area (Å²) in [6.45, 7) is 3.89. The van der Waals surface area contributed by atoms with Crippen LogP contribution in [0.1, 0.15) is 22.6 Å². The average molecular weight is 324 g/mol. The Morgan fingerprint density at radius 3 is 2.63 bits per heavy atom. The van der Waals surface area contributed by atoms with Gasteiger partial charge in [-0.2, -0.15) is 0 Å². The quantitative estimate of drug-likeness (QED) is 0.878. The molecule has 0 amide bonds. The molecule has 102 valence electrons. The average Bonchev–Trinajstić information content (AvgIpc) is 2.73. The van der Waals surface area contributed by atoms with E-state index in [1.807, 2.05) is 44.3 Å². The van der Waals surface area contributed by atoms with Crippen molar-refractivity contribution in [1.82, 2.24) is 5.32 Å². The van der Waals surface area contributed by atoms with Crippen molar-refractivity contribution in [2.24, 2.45) is 0 Å². The van der Waals surface area contributed by atoms with Gasteiger partial charge >= 0.3 is 0 Å². The maximum absolute atomic E-state index is 5.66. The molecule has 0 saturated carbocycles. The van der Waals surface area contributed by atoms with E-state index >= 15 is 0 Å². The highest BCUT2D eigenvalue weighted by Crippen LogP contribution is 2.16. The zero-order chi connectivity index (χ0) is 13.7. The van der Waals surface area contributed by atoms with Crippen molar-refractivity contribution in [1.29, 1.82) is 0 Å². The molecule has 0 saturated heterocycles. The maximum Gasteiger partial charge on any atom is 0.130 e. The molecule has 1 aromatic carbocycles. The smallest absolute Gasteiger partial charge is 0.130 e. The molecule has 1 N–H and O–H groups in total. The second-order valence-corrected chi connectivity index (χ2v) is 5.36. The fraction of sp³-hybridized carbons (Fsp3) is 0.333. The number of aryl methyl sites for hydroxylation is 1. The molecule has 1 heterocycles. The van der Waals surface area contributed by atoms with Crippen LogP contribution in [0.25, 0.3) is 0 Å². The van der Waals surface area contributed by atoms with Crippen LogP contribution < -0.4 is 5.32 Å². The van der Waals surface area contributed by atoms with Gasteiger partial charge in [0.2, 0.25) is 0 Å². The Labute approximate surface area is 122 Å². The summed E-state index contributed by atoms with van der Waals surface area (Å²) in [7, 11) is 1.93. The molecular weight excluding hydrogens is 306 g/mol. The predicted molar refractivity (Wildman–Crippen MR) is 78.8 cm³/mol. The van der Waals surface area contributed by atoms with Crippen molar-refractivity contribution in [3.8, 4) is 0 Å². The number of halogens is 1. The van der Waals surface area contributed by atoms with E-state index in [-0.39, 0.29) is 0 Å². The largest absolute Gasteiger partial charge is 0.464 e. The molecule has 3 nitrogen and oxygen atoms in total. The monoisotopic (exact) mass is 323 g/mol. The number of hydrogen-bond donors (Lipinski definition) is 1. The SMILES string of the molecule is CNCc1cc(COCc2ccc(Br)cc2)oc1C. The van der Waals surface area contributed by atoms with Gasteiger partial charge < -0.3 is 14.5 Å². The van der Waals surface area contributed by atoms with Crippen LogP contribution in [0, 0.1) is 6.92 Å². The third kappa shape index (κ3) is 4.20. The highest BCUT2D eigenvalue weighted by atomic mass is 79.9. The number of hydrogen-bond acceptors (Lipinski definition) is 3. The van der Waals surface area contributed by atoms with E-state index in [0.717, 1.165) is 28.1 Å². The van der Waals surface area contributed by atoms with Gasteiger partial charge in [-0.05, 0) is 37.7 Å². The third-order valence-electron chi connectivity index (χ3n) is 2.87. The van der Waals surface area contributed by atoms with Crippen LogP contribution in [-0.2, 0) is 24.5 Å². The van der Waals surface area contributed by atoms with Crippen molar-refractivity contribution in [3.63, 3.8) is 0 Å². The number of ether oxygens (including phenoxy) is 1. The minimum absolute atomic E-state index is 0.501. The molecule has 0 fully saturated rings. The molecule has 0 aliphatic carbocycles. The lowest BCUT2D eigenvalue weighted by Gasteiger charge is -2.02. The second-order valence-electron chi connectivity index (χ2n) is 4.44. The summed E-state index contributed by atoms with van der Waals surface area (Å²) in [5, 5.41) is 3.12. The fourth-order valence-electron chi connectivity index (χ4n) is 1.87. The van der Waals surface area contributed by atoms with Crippen LogP contribution >= 0.6 is 15.9 Å². The topological polar surface area (TPSA) is 34.4 Å². The fourth-order valence-corrected chi connectivity index (χ4v) is 2.14. The summed E-state index contributed by atoms with van der Waals surface area (Å²) in [6.07, 6.45) is 0. The zero-order valence-electron chi connectivity index (χ0n) is 11.2. The van der Waals surface area contributed by atoms with Gasteiger partial charge in [0.15, 0.2) is 0 Å². The summed E-state index contributed by atoms with van der Waals surface area (Å²) >= 11 is 3.41. The number of rotatable bonds is 6. The normalized spacial score (nSPS) is 10.9. The Balaban J connectivity index is 1.85. The van der Waals surface area contributed by atoms with E-state index in [1.54, 1.807) is 0 Å². The summed E-state index contributed by atoms with van der Waals surface area (Å²) in [4.78, 5) is 0. The molecule has 1 aromatic heterocycles. The lowest BCUT2D eigenvalue weighted by atomic mass is 10.2. The Kier molecular flexibility index (Phi) is 5.19. The maximum atomic E-state index is 5.66. The van der Waals surface area contributed by atoms with Gasteiger partial charge in [0.25, 0.3) is 0 Å². The molecule has 0 radical (unpaired) electrons. The van der Waals surface area contributed by atoms with Crippen LogP contribution in [0.2, 0.25) is 0 Å². The first-order valence-corrected chi connectivity index (χ1v) is 7.03. The molecule has 0 aliphatic rings. The minimum Gasteiger partial charge on any atom is -0.464 e. The van der Waals surface area contributed by atoms with Crippen LogP contribution in [-0.4, -0.2) is 7.05 Å². The highest BCUT2D eigenvalue weighted by molar-refractivity contribution is 9.10. The highest BCUT2D eigenvalue weighted by Gasteiger charge is 2.06. The first-order valence-electron chi connectivity index (χ1n) is 6.24. The molecule has 4 heteroatoms. The molecule has 0 bridgehead atoms. The molecular formula is C15H18BrNO2. The van der Waals surface area contributed by atoms with Gasteiger partial charge in [-0.25, -0.2) is 0 Å². The Bertz CT molecular complexity index is 519. The minimum atomic E-state index is 0.501. The van der Waals surface area contributed by atoms with Crippen molar-refractivity contribution < 1.29 is 9.15 Å². The van der Waals surface area contributed by atoms with Gasteiger partial charge in [-0.1, -0.05) is 28.1 Å². The molecule has 0 spiro atoms. The first-order chi connectivity index (χ1) is 9.19. The Morgan fingerprint density at radius 2 is 1.95 bits per heavy atom. The van der Waals surface area contributed by atoms with Crippen molar-refractivity contribution in [3.05, 3.63) is 57.5 Å². The third-order valence-corrected chi connectivity index (χ3v) is 3.39. The standard InChI is InChI=1S/C15H18BrNO2/c1-11-13(8-17-2)7-15(19-11)10-18-9-12-3-5-14(16)6-4-12/h3-7,17H,8-10H2,1-2H3. The van der Waals surface area contributed by atoms with Gasteiger partial charge in [0, 0.05) is 16.6 Å². The second kappa shape index (κ2) is 6.89. The van der Waals surface area contributed by atoms with Gasteiger partial charge in [0.1, 0.15) is 18.1 Å². The number of benzene rings is 1.